The molecule has 3 N–H and O–H groups in total. The quantitative estimate of drug-likeness (QED) is 0.738. The number of fused-ring (bicyclic) bond motifs is 1. The standard InChI is InChI=1S/C14H10Cl2N4OS/c1-18-12(21)10-5-7-11(19-14(17)20-13(7)22-10)6-2-3-8(15)9(16)4-6/h2-5H,1H3,(H,18,21)(H2,17,19,20). The normalized spacial score (nSPS) is 10.9. The summed E-state index contributed by atoms with van der Waals surface area (Å²) in [5.41, 5.74) is 7.15. The number of aromatic nitrogens is 2. The molecule has 112 valence electrons. The Morgan fingerprint density at radius 2 is 2.00 bits per heavy atom. The van der Waals surface area contributed by atoms with Crippen LogP contribution in [0.5, 0.6) is 0 Å². The number of thiophene rings is 1. The Kier molecular flexibility index (Phi) is 3.90. The summed E-state index contributed by atoms with van der Waals surface area (Å²) >= 11 is 13.3. The lowest BCUT2D eigenvalue weighted by atomic mass is 10.1. The highest BCUT2D eigenvalue weighted by molar-refractivity contribution is 7.20. The van der Waals surface area contributed by atoms with Gasteiger partial charge in [0.05, 0.1) is 20.6 Å². The molecule has 0 aliphatic rings. The molecule has 0 radical (unpaired) electrons. The highest BCUT2D eigenvalue weighted by atomic mass is 35.5. The van der Waals surface area contributed by atoms with Crippen LogP contribution < -0.4 is 11.1 Å². The predicted molar refractivity (Wildman–Crippen MR) is 90.7 cm³/mol. The van der Waals surface area contributed by atoms with Crippen molar-refractivity contribution in [3.63, 3.8) is 0 Å². The number of rotatable bonds is 2. The van der Waals surface area contributed by atoms with E-state index < -0.39 is 0 Å². The molecule has 3 aromatic rings. The van der Waals surface area contributed by atoms with Gasteiger partial charge in [0.2, 0.25) is 5.95 Å². The summed E-state index contributed by atoms with van der Waals surface area (Å²) in [5, 5.41) is 4.21. The molecule has 0 saturated carbocycles. The van der Waals surface area contributed by atoms with Crippen LogP contribution in [0.15, 0.2) is 24.3 Å². The van der Waals surface area contributed by atoms with Crippen molar-refractivity contribution in [1.29, 1.82) is 0 Å². The molecular formula is C14H10Cl2N4OS. The smallest absolute Gasteiger partial charge is 0.261 e. The Hall–Kier alpha value is -1.89. The van der Waals surface area contributed by atoms with Gasteiger partial charge < -0.3 is 11.1 Å². The first-order valence-electron chi connectivity index (χ1n) is 6.24. The molecule has 1 aromatic carbocycles. The van der Waals surface area contributed by atoms with E-state index in [2.05, 4.69) is 15.3 Å². The zero-order valence-corrected chi connectivity index (χ0v) is 13.7. The fraction of sp³-hybridized carbons (Fsp3) is 0.0714. The Morgan fingerprint density at radius 1 is 1.23 bits per heavy atom. The third-order valence-corrected chi connectivity index (χ3v) is 4.82. The second kappa shape index (κ2) is 5.72. The molecule has 0 aliphatic heterocycles. The number of carbonyl (C=O) groups is 1. The minimum Gasteiger partial charge on any atom is -0.368 e. The first kappa shape index (κ1) is 15.0. The maximum absolute atomic E-state index is 11.8. The summed E-state index contributed by atoms with van der Waals surface area (Å²) in [6.45, 7) is 0. The average Bonchev–Trinajstić information content (AvgIpc) is 2.92. The fourth-order valence-electron chi connectivity index (χ4n) is 2.04. The number of benzene rings is 1. The van der Waals surface area contributed by atoms with E-state index in [4.69, 9.17) is 28.9 Å². The van der Waals surface area contributed by atoms with Crippen LogP contribution in [0.2, 0.25) is 10.0 Å². The molecule has 0 unspecified atom stereocenters. The van der Waals surface area contributed by atoms with Crippen molar-refractivity contribution in [2.45, 2.75) is 0 Å². The minimum atomic E-state index is -0.179. The molecule has 1 amide bonds. The van der Waals surface area contributed by atoms with Crippen molar-refractivity contribution < 1.29 is 4.79 Å². The number of nitrogens with zero attached hydrogens (tertiary/aromatic N) is 2. The largest absolute Gasteiger partial charge is 0.368 e. The molecule has 0 aliphatic carbocycles. The first-order valence-corrected chi connectivity index (χ1v) is 7.81. The summed E-state index contributed by atoms with van der Waals surface area (Å²) in [6.07, 6.45) is 0. The number of anilines is 1. The molecule has 2 heterocycles. The van der Waals surface area contributed by atoms with Crippen LogP contribution in [0.3, 0.4) is 0 Å². The van der Waals surface area contributed by atoms with Gasteiger partial charge in [-0.3, -0.25) is 4.79 Å². The summed E-state index contributed by atoms with van der Waals surface area (Å²) in [4.78, 5) is 21.4. The van der Waals surface area contributed by atoms with Crippen LogP contribution in [0.4, 0.5) is 5.95 Å². The maximum Gasteiger partial charge on any atom is 0.261 e. The van der Waals surface area contributed by atoms with E-state index in [0.29, 0.717) is 25.4 Å². The van der Waals surface area contributed by atoms with E-state index in [0.717, 1.165) is 10.9 Å². The van der Waals surface area contributed by atoms with Crippen LogP contribution in [0, 0.1) is 0 Å². The Bertz CT molecular complexity index is 894. The van der Waals surface area contributed by atoms with E-state index in [1.807, 2.05) is 0 Å². The highest BCUT2D eigenvalue weighted by Crippen LogP contribution is 2.34. The van der Waals surface area contributed by atoms with Crippen LogP contribution >= 0.6 is 34.5 Å². The van der Waals surface area contributed by atoms with E-state index in [1.165, 1.54) is 11.3 Å². The molecule has 8 heteroatoms. The lowest BCUT2D eigenvalue weighted by Gasteiger charge is -2.05. The number of halogens is 2. The third-order valence-electron chi connectivity index (χ3n) is 3.05. The van der Waals surface area contributed by atoms with E-state index in [-0.39, 0.29) is 11.9 Å². The van der Waals surface area contributed by atoms with Gasteiger partial charge in [0.1, 0.15) is 4.83 Å². The first-order chi connectivity index (χ1) is 10.5. The molecule has 0 bridgehead atoms. The van der Waals surface area contributed by atoms with Crippen LogP contribution in [0.1, 0.15) is 9.67 Å². The number of hydrogen-bond acceptors (Lipinski definition) is 5. The SMILES string of the molecule is CNC(=O)c1cc2c(-c3ccc(Cl)c(Cl)c3)nc(N)nc2s1. The average molecular weight is 353 g/mol. The lowest BCUT2D eigenvalue weighted by Crippen LogP contribution is -2.15. The molecule has 5 nitrogen and oxygen atoms in total. The van der Waals surface area contributed by atoms with Gasteiger partial charge in [-0.2, -0.15) is 0 Å². The third kappa shape index (κ3) is 2.61. The Balaban J connectivity index is 2.25. The molecule has 3 rings (SSSR count). The topological polar surface area (TPSA) is 80.9 Å². The van der Waals surface area contributed by atoms with Gasteiger partial charge in [0.15, 0.2) is 0 Å². The monoisotopic (exact) mass is 352 g/mol. The second-order valence-corrected chi connectivity index (χ2v) is 6.31. The second-order valence-electron chi connectivity index (χ2n) is 4.47. The lowest BCUT2D eigenvalue weighted by molar-refractivity contribution is 0.0967. The van der Waals surface area contributed by atoms with Crippen LogP contribution in [-0.2, 0) is 0 Å². The van der Waals surface area contributed by atoms with Crippen molar-refractivity contribution >= 4 is 56.6 Å². The van der Waals surface area contributed by atoms with Gasteiger partial charge in [-0.05, 0) is 18.2 Å². The molecule has 0 fully saturated rings. The molecule has 0 saturated heterocycles. The Labute approximate surface area is 140 Å². The van der Waals surface area contributed by atoms with Gasteiger partial charge in [0.25, 0.3) is 5.91 Å². The number of nitrogens with two attached hydrogens (primary N) is 1. The number of nitrogen functional groups attached to an aromatic ring is 1. The van der Waals surface area contributed by atoms with Crippen molar-refractivity contribution in [2.75, 3.05) is 12.8 Å². The van der Waals surface area contributed by atoms with Crippen molar-refractivity contribution in [3.8, 4) is 11.3 Å². The van der Waals surface area contributed by atoms with Crippen molar-refractivity contribution in [1.82, 2.24) is 15.3 Å². The van der Waals surface area contributed by atoms with Gasteiger partial charge in [-0.15, -0.1) is 11.3 Å². The highest BCUT2D eigenvalue weighted by Gasteiger charge is 2.16. The van der Waals surface area contributed by atoms with E-state index in [9.17, 15) is 4.79 Å². The summed E-state index contributed by atoms with van der Waals surface area (Å²) in [6, 6.07) is 6.94. The van der Waals surface area contributed by atoms with Gasteiger partial charge in [0, 0.05) is 18.0 Å². The number of amides is 1. The molecule has 0 atom stereocenters. The summed E-state index contributed by atoms with van der Waals surface area (Å²) < 4.78 is 0. The van der Waals surface area contributed by atoms with Crippen molar-refractivity contribution in [2.24, 2.45) is 0 Å². The van der Waals surface area contributed by atoms with Gasteiger partial charge >= 0.3 is 0 Å². The van der Waals surface area contributed by atoms with Crippen LogP contribution in [0.25, 0.3) is 21.5 Å². The number of nitrogens with one attached hydrogen (secondary N) is 1. The maximum atomic E-state index is 11.8. The number of carbonyl (C=O) groups excluding carboxylic acids is 1. The molecule has 2 aromatic heterocycles. The number of hydrogen-bond donors (Lipinski definition) is 2. The summed E-state index contributed by atoms with van der Waals surface area (Å²) in [5.74, 6) is -0.0412. The van der Waals surface area contributed by atoms with Crippen molar-refractivity contribution in [3.05, 3.63) is 39.2 Å². The predicted octanol–water partition coefficient (Wildman–Crippen LogP) is 3.61. The van der Waals surface area contributed by atoms with E-state index in [1.54, 1.807) is 31.3 Å². The van der Waals surface area contributed by atoms with Gasteiger partial charge in [-0.1, -0.05) is 29.3 Å². The fourth-order valence-corrected chi connectivity index (χ4v) is 3.32. The zero-order valence-electron chi connectivity index (χ0n) is 11.4. The van der Waals surface area contributed by atoms with E-state index >= 15 is 0 Å². The minimum absolute atomic E-state index is 0.138. The molecule has 0 spiro atoms. The summed E-state index contributed by atoms with van der Waals surface area (Å²) in [7, 11) is 1.58. The molecule has 22 heavy (non-hydrogen) atoms. The van der Waals surface area contributed by atoms with Gasteiger partial charge in [-0.25, -0.2) is 9.97 Å². The van der Waals surface area contributed by atoms with Crippen LogP contribution in [-0.4, -0.2) is 22.9 Å². The Morgan fingerprint density at radius 3 is 2.68 bits per heavy atom. The zero-order chi connectivity index (χ0) is 15.9. The molecular weight excluding hydrogens is 343 g/mol.